The molecule has 0 saturated carbocycles. The Morgan fingerprint density at radius 3 is 1.01 bits per heavy atom. The predicted octanol–water partition coefficient (Wildman–Crippen LogP) is -5.20. The van der Waals surface area contributed by atoms with Gasteiger partial charge in [-0.15, -0.1) is 0 Å². The molecule has 3 saturated heterocycles. The van der Waals surface area contributed by atoms with E-state index in [2.05, 4.69) is 37.2 Å². The van der Waals surface area contributed by atoms with E-state index in [4.69, 9.17) is 47.2 Å². The van der Waals surface area contributed by atoms with E-state index in [9.17, 15) is 109 Å². The Balaban J connectivity index is 1.58. The van der Waals surface area contributed by atoms with E-state index in [1.165, 1.54) is 0 Å². The fraction of sp³-hybridized carbons (Fsp3) is 0.882. The summed E-state index contributed by atoms with van der Waals surface area (Å²) in [4.78, 5) is 113. The largest absolute Gasteiger partial charge is 0.394 e. The molecule has 3 aliphatic rings. The molecule has 3 aliphatic heterocycles. The Hall–Kier alpha value is -4.73. The predicted molar refractivity (Wildman–Crippen MR) is 378 cm³/mol. The number of ether oxygens (including phenoxy) is 9. The van der Waals surface area contributed by atoms with Crippen molar-refractivity contribution in [3.05, 3.63) is 0 Å². The van der Waals surface area contributed by atoms with E-state index in [0.29, 0.717) is 57.9 Å². The first-order valence-corrected chi connectivity index (χ1v) is 38.9. The van der Waals surface area contributed by atoms with Crippen LogP contribution >= 0.6 is 7.60 Å². The number of aliphatic hydroxyl groups excluding tert-OH is 12. The SMILES string of the molecule is CC(C)(C)P(=O)(O)OCCCCCCNC(=O)CCCC(=O)NC(COCCC(=O)NCCCCC(=O)CCCO[C@@H]1OC(CO)[C@@H](O)[C@H](O)C1O)(COCCC(=O)NCCCNC(=O)CCCO[C@@H]1OC(CO)[C@@H](O)[C@H](O)C1O)COCCC(=O)NCCCNC(=O)CCCO[C@@H]1OC(CO)[C@@H](O)[C@H](O)C1O. The number of aliphatic hydroxyl groups is 12. The second-order valence-electron chi connectivity index (χ2n) is 27.8. The zero-order valence-electron chi connectivity index (χ0n) is 62.5. The average molecular weight is 1580 g/mol. The number of carbonyl (C=O) groups excluding carboxylic acids is 8. The summed E-state index contributed by atoms with van der Waals surface area (Å²) >= 11 is 0. The molecule has 39 nitrogen and oxygen atoms in total. The molecular formula is C68H124N7O32P. The van der Waals surface area contributed by atoms with Crippen molar-refractivity contribution < 1.29 is 156 Å². The molecule has 3 fully saturated rings. The molecule has 0 bridgehead atoms. The Morgan fingerprint density at radius 2 is 0.648 bits per heavy atom. The average Bonchev–Trinajstić information content (AvgIpc) is 0.848. The highest BCUT2D eigenvalue weighted by atomic mass is 31.2. The quantitative estimate of drug-likeness (QED) is 0.0200. The lowest BCUT2D eigenvalue weighted by molar-refractivity contribution is -0.301. The van der Waals surface area contributed by atoms with Gasteiger partial charge in [-0.1, -0.05) is 12.8 Å². The normalized spacial score (nSPS) is 25.6. The molecule has 0 aromatic carbocycles. The second-order valence-corrected chi connectivity index (χ2v) is 30.5. The molecule has 20 N–H and O–H groups in total. The number of Topliss-reactive ketones (excluding diaryl/α,β-unsaturated/α-hetero) is 1. The summed E-state index contributed by atoms with van der Waals surface area (Å²) in [6.07, 6.45) is -17.0. The first-order valence-electron chi connectivity index (χ1n) is 37.3. The molecule has 0 spiro atoms. The molecule has 0 aliphatic carbocycles. The van der Waals surface area contributed by atoms with Crippen molar-refractivity contribution in [2.75, 3.05) is 125 Å². The topological polar surface area (TPSA) is 593 Å². The third-order valence-corrected chi connectivity index (χ3v) is 19.8. The van der Waals surface area contributed by atoms with E-state index in [-0.39, 0.29) is 206 Å². The van der Waals surface area contributed by atoms with E-state index in [1.807, 2.05) is 0 Å². The minimum Gasteiger partial charge on any atom is -0.394 e. The Labute approximate surface area is 629 Å². The molecule has 7 amide bonds. The number of carbonyl (C=O) groups is 8. The van der Waals surface area contributed by atoms with E-state index < -0.39 is 154 Å². The van der Waals surface area contributed by atoms with Crippen LogP contribution in [0.5, 0.6) is 0 Å². The highest BCUT2D eigenvalue weighted by molar-refractivity contribution is 7.54. The molecule has 7 unspecified atom stereocenters. The van der Waals surface area contributed by atoms with Crippen molar-refractivity contribution in [3.8, 4) is 0 Å². The fourth-order valence-electron chi connectivity index (χ4n) is 10.9. The van der Waals surface area contributed by atoms with Crippen LogP contribution in [0.1, 0.15) is 156 Å². The van der Waals surface area contributed by atoms with Crippen molar-refractivity contribution in [2.45, 2.75) is 258 Å². The molecule has 108 heavy (non-hydrogen) atoms. The lowest BCUT2D eigenvalue weighted by atomic mass is 9.99. The standard InChI is InChI=1S/C68H124N7O32P/c1-67(2,3)108(96,97)104-34-9-5-4-7-25-69-48(80)18-10-19-54(86)75-68(41-98-35-22-51(83)70-26-8-6-16-44(79)17-11-31-101-64-61(93)58(90)55(87)45(38-76)105-64,42-99-36-23-52(84)73-29-14-27-71-49(81)20-12-32-102-65-62(94)59(91)56(88)46(39-77)106-65)43-100-37-24-53(85)74-30-15-28-72-50(82)21-13-33-103-66-63(95)60(92)57(89)47(40-78)107-66/h45-47,55-66,76-78,87-95H,4-43H2,1-3H3,(H,69,80)(H,70,83)(H,71,81)(H,72,82)(H,73,84)(H,74,85)(H,75,86)(H,96,97)/t45?,46?,47?,55-,56-,57-,58+,59+,60+,61?,62?,63?,64-,65-,66-,68?/m1/s1. The third kappa shape index (κ3) is 38.7. The van der Waals surface area contributed by atoms with Gasteiger partial charge in [-0.3, -0.25) is 42.9 Å². The van der Waals surface area contributed by atoms with Gasteiger partial charge in [0.25, 0.3) is 0 Å². The summed E-state index contributed by atoms with van der Waals surface area (Å²) in [5, 5.41) is 137. The van der Waals surface area contributed by atoms with Gasteiger partial charge in [-0.2, -0.15) is 0 Å². The van der Waals surface area contributed by atoms with Crippen LogP contribution in [0, 0.1) is 0 Å². The summed E-state index contributed by atoms with van der Waals surface area (Å²) < 4.78 is 67.9. The summed E-state index contributed by atoms with van der Waals surface area (Å²) in [5.74, 6) is -2.85. The second kappa shape index (κ2) is 54.1. The first-order chi connectivity index (χ1) is 51.4. The fourth-order valence-corrected chi connectivity index (χ4v) is 11.6. The van der Waals surface area contributed by atoms with Crippen LogP contribution in [0.25, 0.3) is 0 Å². The van der Waals surface area contributed by atoms with Crippen LogP contribution in [0.15, 0.2) is 0 Å². The van der Waals surface area contributed by atoms with Crippen molar-refractivity contribution >= 4 is 54.7 Å². The van der Waals surface area contributed by atoms with Crippen LogP contribution in [0.2, 0.25) is 0 Å². The highest BCUT2D eigenvalue weighted by Gasteiger charge is 2.47. The van der Waals surface area contributed by atoms with Gasteiger partial charge >= 0.3 is 7.60 Å². The Morgan fingerprint density at radius 1 is 0.343 bits per heavy atom. The number of hydrogen-bond donors (Lipinski definition) is 20. The minimum absolute atomic E-state index is 0.0163. The molecular weight excluding hydrogens is 1460 g/mol. The van der Waals surface area contributed by atoms with Crippen LogP contribution in [0.3, 0.4) is 0 Å². The maximum absolute atomic E-state index is 13.9. The van der Waals surface area contributed by atoms with Gasteiger partial charge < -0.3 is 151 Å². The maximum atomic E-state index is 13.9. The van der Waals surface area contributed by atoms with Gasteiger partial charge in [0.05, 0.1) is 91.0 Å². The van der Waals surface area contributed by atoms with Crippen LogP contribution < -0.4 is 37.2 Å². The van der Waals surface area contributed by atoms with Crippen LogP contribution in [0.4, 0.5) is 0 Å². The molecule has 40 heteroatoms. The van der Waals surface area contributed by atoms with E-state index >= 15 is 0 Å². The molecule has 628 valence electrons. The van der Waals surface area contributed by atoms with E-state index in [1.54, 1.807) is 20.8 Å². The zero-order chi connectivity index (χ0) is 80.1. The minimum atomic E-state index is -3.78. The van der Waals surface area contributed by atoms with Gasteiger partial charge in [0.1, 0.15) is 84.6 Å². The molecule has 3 heterocycles. The molecule has 0 aromatic rings. The van der Waals surface area contributed by atoms with Gasteiger partial charge in [0, 0.05) is 97.1 Å². The van der Waals surface area contributed by atoms with Crippen molar-refractivity contribution in [3.63, 3.8) is 0 Å². The summed E-state index contributed by atoms with van der Waals surface area (Å²) in [7, 11) is -3.78. The number of hydrogen-bond acceptors (Lipinski definition) is 31. The summed E-state index contributed by atoms with van der Waals surface area (Å²) in [6.45, 7) is 2.77. The highest BCUT2D eigenvalue weighted by Crippen LogP contribution is 2.54. The smallest absolute Gasteiger partial charge is 0.333 e. The van der Waals surface area contributed by atoms with Crippen molar-refractivity contribution in [1.82, 2.24) is 37.2 Å². The lowest BCUT2D eigenvalue weighted by Gasteiger charge is -2.39. The van der Waals surface area contributed by atoms with E-state index in [0.717, 1.165) is 0 Å². The van der Waals surface area contributed by atoms with Gasteiger partial charge in [-0.25, -0.2) is 0 Å². The maximum Gasteiger partial charge on any atom is 0.333 e. The molecule has 3 rings (SSSR count). The lowest BCUT2D eigenvalue weighted by Crippen LogP contribution is -2.59. The molecule has 0 radical (unpaired) electrons. The monoisotopic (exact) mass is 1580 g/mol. The number of ketones is 1. The Kier molecular flexibility index (Phi) is 48.8. The van der Waals surface area contributed by atoms with Crippen LogP contribution in [-0.4, -0.2) is 341 Å². The number of unbranched alkanes of at least 4 members (excludes halogenated alkanes) is 4. The summed E-state index contributed by atoms with van der Waals surface area (Å²) in [6, 6.07) is 0. The molecule has 16 atom stereocenters. The third-order valence-electron chi connectivity index (χ3n) is 17.6. The van der Waals surface area contributed by atoms with Crippen LogP contribution in [-0.2, 0) is 90.1 Å². The summed E-state index contributed by atoms with van der Waals surface area (Å²) in [5.41, 5.74) is -1.53. The van der Waals surface area contributed by atoms with Gasteiger partial charge in [0.2, 0.25) is 41.4 Å². The number of nitrogens with one attached hydrogen (secondary N) is 7. The van der Waals surface area contributed by atoms with Crippen molar-refractivity contribution in [1.29, 1.82) is 0 Å². The van der Waals surface area contributed by atoms with Gasteiger partial charge in [0.15, 0.2) is 18.9 Å². The zero-order valence-corrected chi connectivity index (χ0v) is 63.4. The number of rotatable bonds is 59. The Bertz CT molecular complexity index is 2430. The molecule has 0 aromatic heterocycles. The van der Waals surface area contributed by atoms with Crippen molar-refractivity contribution in [2.24, 2.45) is 0 Å². The van der Waals surface area contributed by atoms with Gasteiger partial charge in [-0.05, 0) is 85.0 Å². The number of amides is 7. The first kappa shape index (κ1) is 97.5.